The second-order valence-electron chi connectivity index (χ2n) is 9.15. The van der Waals surface area contributed by atoms with Crippen LogP contribution in [-0.4, -0.2) is 64.8 Å². The van der Waals surface area contributed by atoms with Gasteiger partial charge in [-0.15, -0.1) is 0 Å². The molecule has 0 saturated carbocycles. The molecule has 0 spiro atoms. The SMILES string of the molecule is C=CC(=O)Nc1ccc2c(c1)CCC(CN1CCN(c3ccc(C(=O)O)cc3)CC1)=C2c1cn[nH]c1. The lowest BCUT2D eigenvalue weighted by Crippen LogP contribution is -2.47. The van der Waals surface area contributed by atoms with E-state index in [0.29, 0.717) is 5.56 Å². The normalized spacial score (nSPS) is 15.9. The van der Waals surface area contributed by atoms with Crippen molar-refractivity contribution in [2.45, 2.75) is 12.8 Å². The highest BCUT2D eigenvalue weighted by Gasteiger charge is 2.25. The predicted molar refractivity (Wildman–Crippen MR) is 140 cm³/mol. The van der Waals surface area contributed by atoms with Gasteiger partial charge in [0.05, 0.1) is 11.8 Å². The summed E-state index contributed by atoms with van der Waals surface area (Å²) >= 11 is 0. The number of amides is 1. The number of hydrogen-bond donors (Lipinski definition) is 3. The van der Waals surface area contributed by atoms with Crippen LogP contribution in [0.1, 0.15) is 33.5 Å². The number of carbonyl (C=O) groups is 2. The maximum Gasteiger partial charge on any atom is 0.335 e. The van der Waals surface area contributed by atoms with E-state index in [2.05, 4.69) is 44.0 Å². The molecule has 3 aromatic rings. The van der Waals surface area contributed by atoms with E-state index >= 15 is 0 Å². The van der Waals surface area contributed by atoms with Gasteiger partial charge in [0.25, 0.3) is 0 Å². The molecule has 1 aliphatic heterocycles. The van der Waals surface area contributed by atoms with E-state index in [4.69, 9.17) is 5.11 Å². The minimum atomic E-state index is -0.903. The molecule has 2 aliphatic rings. The van der Waals surface area contributed by atoms with Crippen molar-refractivity contribution < 1.29 is 14.7 Å². The van der Waals surface area contributed by atoms with Crippen molar-refractivity contribution in [1.29, 1.82) is 0 Å². The molecule has 1 amide bonds. The van der Waals surface area contributed by atoms with Gasteiger partial charge in [0.2, 0.25) is 5.91 Å². The van der Waals surface area contributed by atoms with E-state index in [9.17, 15) is 9.59 Å². The molecule has 0 radical (unpaired) electrons. The van der Waals surface area contributed by atoms with Crippen LogP contribution in [0.2, 0.25) is 0 Å². The average molecular weight is 484 g/mol. The van der Waals surface area contributed by atoms with Gasteiger partial charge in [-0.25, -0.2) is 4.79 Å². The van der Waals surface area contributed by atoms with Crippen molar-refractivity contribution >= 4 is 28.8 Å². The highest BCUT2D eigenvalue weighted by atomic mass is 16.4. The first-order chi connectivity index (χ1) is 17.5. The maximum absolute atomic E-state index is 11.7. The summed E-state index contributed by atoms with van der Waals surface area (Å²) in [5.41, 5.74) is 8.24. The second kappa shape index (κ2) is 10.2. The Morgan fingerprint density at radius 2 is 1.86 bits per heavy atom. The highest BCUT2D eigenvalue weighted by Crippen LogP contribution is 2.37. The number of anilines is 2. The number of benzene rings is 2. The smallest absolute Gasteiger partial charge is 0.335 e. The van der Waals surface area contributed by atoms with Crippen LogP contribution in [0.3, 0.4) is 0 Å². The van der Waals surface area contributed by atoms with Gasteiger partial charge in [0, 0.05) is 55.9 Å². The first-order valence-corrected chi connectivity index (χ1v) is 12.1. The topological polar surface area (TPSA) is 102 Å². The molecule has 3 N–H and O–H groups in total. The van der Waals surface area contributed by atoms with Gasteiger partial charge in [0.1, 0.15) is 0 Å². The average Bonchev–Trinajstić information content (AvgIpc) is 3.43. The van der Waals surface area contributed by atoms with Gasteiger partial charge < -0.3 is 15.3 Å². The van der Waals surface area contributed by atoms with Crippen LogP contribution in [0.5, 0.6) is 0 Å². The predicted octanol–water partition coefficient (Wildman–Crippen LogP) is 3.80. The first-order valence-electron chi connectivity index (χ1n) is 12.1. The quantitative estimate of drug-likeness (QED) is 0.442. The molecule has 1 fully saturated rings. The molecular formula is C28H29N5O3. The molecule has 1 saturated heterocycles. The molecule has 184 valence electrons. The van der Waals surface area contributed by atoms with Gasteiger partial charge in [-0.3, -0.25) is 14.8 Å². The highest BCUT2D eigenvalue weighted by molar-refractivity contribution is 5.99. The van der Waals surface area contributed by atoms with Crippen LogP contribution in [0.4, 0.5) is 11.4 Å². The van der Waals surface area contributed by atoms with Crippen molar-refractivity contribution in [3.05, 3.63) is 95.3 Å². The number of carbonyl (C=O) groups excluding carboxylic acids is 1. The van der Waals surface area contributed by atoms with Crippen LogP contribution < -0.4 is 10.2 Å². The van der Waals surface area contributed by atoms with Crippen LogP contribution in [-0.2, 0) is 11.2 Å². The van der Waals surface area contributed by atoms with E-state index in [-0.39, 0.29) is 5.91 Å². The first kappa shape index (κ1) is 23.6. The number of rotatable bonds is 7. The number of aromatic nitrogens is 2. The van der Waals surface area contributed by atoms with Crippen LogP contribution in [0.25, 0.3) is 5.57 Å². The van der Waals surface area contributed by atoms with Gasteiger partial charge in [0.15, 0.2) is 0 Å². The van der Waals surface area contributed by atoms with Crippen LogP contribution >= 0.6 is 0 Å². The third-order valence-electron chi connectivity index (χ3n) is 6.93. The lowest BCUT2D eigenvalue weighted by molar-refractivity contribution is -0.111. The number of carboxylic acid groups (broad SMARTS) is 1. The maximum atomic E-state index is 11.7. The number of aromatic carboxylic acids is 1. The lowest BCUT2D eigenvalue weighted by atomic mass is 9.82. The van der Waals surface area contributed by atoms with Crippen LogP contribution in [0.15, 0.2) is 73.1 Å². The summed E-state index contributed by atoms with van der Waals surface area (Å²) in [4.78, 5) is 27.7. The Bertz CT molecular complexity index is 1300. The summed E-state index contributed by atoms with van der Waals surface area (Å²) in [7, 11) is 0. The van der Waals surface area contributed by atoms with E-state index < -0.39 is 5.97 Å². The Morgan fingerprint density at radius 3 is 2.53 bits per heavy atom. The van der Waals surface area contributed by atoms with E-state index in [1.54, 1.807) is 12.1 Å². The monoisotopic (exact) mass is 483 g/mol. The standard InChI is InChI=1S/C28H29N5O3/c1-2-26(34)31-23-7-10-25-20(15-23)3-4-21(27(25)22-16-29-30-17-22)18-32-11-13-33(14-12-32)24-8-5-19(6-9-24)28(35)36/h2,5-10,15-17H,1,3-4,11-14,18H2,(H,29,30)(H,31,34)(H,35,36). The van der Waals surface area contributed by atoms with Crippen molar-refractivity contribution in [2.75, 3.05) is 42.9 Å². The lowest BCUT2D eigenvalue weighted by Gasteiger charge is -2.37. The number of nitrogens with one attached hydrogen (secondary N) is 2. The summed E-state index contributed by atoms with van der Waals surface area (Å²) in [6, 6.07) is 13.2. The molecule has 0 unspecified atom stereocenters. The van der Waals surface area contributed by atoms with Crippen LogP contribution in [0, 0.1) is 0 Å². The number of fused-ring (bicyclic) bond motifs is 1. The van der Waals surface area contributed by atoms with Crippen molar-refractivity contribution in [3.63, 3.8) is 0 Å². The van der Waals surface area contributed by atoms with Gasteiger partial charge in [-0.2, -0.15) is 5.10 Å². The number of nitrogens with zero attached hydrogens (tertiary/aromatic N) is 3. The fourth-order valence-corrected chi connectivity index (χ4v) is 5.07. The zero-order valence-corrected chi connectivity index (χ0v) is 20.0. The summed E-state index contributed by atoms with van der Waals surface area (Å²) in [6.45, 7) is 8.07. The molecule has 2 heterocycles. The molecule has 36 heavy (non-hydrogen) atoms. The summed E-state index contributed by atoms with van der Waals surface area (Å²) in [6.07, 6.45) is 6.95. The van der Waals surface area contributed by atoms with E-state index in [1.165, 1.54) is 28.3 Å². The molecule has 1 aliphatic carbocycles. The Kier molecular flexibility index (Phi) is 6.69. The van der Waals surface area contributed by atoms with Crippen molar-refractivity contribution in [3.8, 4) is 0 Å². The minimum absolute atomic E-state index is 0.214. The fraction of sp³-hybridized carbons (Fsp3) is 0.250. The second-order valence-corrected chi connectivity index (χ2v) is 9.15. The van der Waals surface area contributed by atoms with Gasteiger partial charge in [-0.1, -0.05) is 12.6 Å². The largest absolute Gasteiger partial charge is 0.478 e. The summed E-state index contributed by atoms with van der Waals surface area (Å²) < 4.78 is 0. The number of aromatic amines is 1. The molecule has 0 bridgehead atoms. The molecule has 1 aromatic heterocycles. The summed E-state index contributed by atoms with van der Waals surface area (Å²) in [5, 5.41) is 19.1. The molecule has 0 atom stereocenters. The Labute approximate surface area is 209 Å². The molecule has 5 rings (SSSR count). The Balaban J connectivity index is 1.33. The third-order valence-corrected chi connectivity index (χ3v) is 6.93. The van der Waals surface area contributed by atoms with E-state index in [0.717, 1.165) is 62.5 Å². The Hall–Kier alpha value is -4.17. The zero-order chi connectivity index (χ0) is 25.1. The number of piperazine rings is 1. The molecule has 2 aromatic carbocycles. The van der Waals surface area contributed by atoms with Crippen molar-refractivity contribution in [2.24, 2.45) is 0 Å². The van der Waals surface area contributed by atoms with Gasteiger partial charge >= 0.3 is 5.97 Å². The number of carboxylic acids is 1. The number of hydrogen-bond acceptors (Lipinski definition) is 5. The fourth-order valence-electron chi connectivity index (χ4n) is 5.07. The summed E-state index contributed by atoms with van der Waals surface area (Å²) in [5.74, 6) is -1.12. The van der Waals surface area contributed by atoms with Crippen molar-refractivity contribution in [1.82, 2.24) is 15.1 Å². The zero-order valence-electron chi connectivity index (χ0n) is 20.0. The van der Waals surface area contributed by atoms with Gasteiger partial charge in [-0.05, 0) is 77.6 Å². The Morgan fingerprint density at radius 1 is 1.08 bits per heavy atom. The molecule has 8 heteroatoms. The number of aryl methyl sites for hydroxylation is 1. The molecular weight excluding hydrogens is 454 g/mol. The minimum Gasteiger partial charge on any atom is -0.478 e. The number of H-pyrrole nitrogens is 1. The molecule has 8 nitrogen and oxygen atoms in total. The van der Waals surface area contributed by atoms with E-state index in [1.807, 2.05) is 30.6 Å². The third kappa shape index (κ3) is 4.94.